The van der Waals surface area contributed by atoms with E-state index >= 15 is 0 Å². The summed E-state index contributed by atoms with van der Waals surface area (Å²) in [5.41, 5.74) is -0.666. The number of ketones is 1. The molecule has 5 heteroatoms. The summed E-state index contributed by atoms with van der Waals surface area (Å²) in [5, 5.41) is 8.90. The van der Waals surface area contributed by atoms with Crippen LogP contribution in [0.25, 0.3) is 0 Å². The number of hydrogen-bond acceptors (Lipinski definition) is 4. The van der Waals surface area contributed by atoms with Gasteiger partial charge in [0, 0.05) is 31.1 Å². The van der Waals surface area contributed by atoms with Gasteiger partial charge in [-0.05, 0) is 5.92 Å². The van der Waals surface area contributed by atoms with Crippen molar-refractivity contribution < 1.29 is 24.2 Å². The third-order valence-corrected chi connectivity index (χ3v) is 4.39. The summed E-state index contributed by atoms with van der Waals surface area (Å²) >= 11 is 0. The zero-order valence-electron chi connectivity index (χ0n) is 10.9. The highest BCUT2D eigenvalue weighted by Gasteiger charge is 2.52. The molecule has 2 aliphatic rings. The Hall–Kier alpha value is -0.940. The number of carbonyl (C=O) groups is 2. The van der Waals surface area contributed by atoms with Crippen LogP contribution in [0.3, 0.4) is 0 Å². The molecule has 1 saturated carbocycles. The number of hydrogen-bond donors (Lipinski definition) is 1. The molecule has 0 unspecified atom stereocenters. The largest absolute Gasteiger partial charge is 0.481 e. The van der Waals surface area contributed by atoms with Crippen LogP contribution in [0.4, 0.5) is 0 Å². The molecule has 0 aromatic rings. The average Bonchev–Trinajstić information content (AvgIpc) is 2.72. The molecule has 0 amide bonds. The summed E-state index contributed by atoms with van der Waals surface area (Å²) in [4.78, 5) is 23.0. The summed E-state index contributed by atoms with van der Waals surface area (Å²) < 4.78 is 11.3. The highest BCUT2D eigenvalue weighted by Crippen LogP contribution is 2.48. The molecule has 2 fully saturated rings. The van der Waals surface area contributed by atoms with E-state index in [1.165, 1.54) is 0 Å². The highest BCUT2D eigenvalue weighted by molar-refractivity contribution is 5.86. The Balaban J connectivity index is 2.17. The number of aliphatic carboxylic acids is 1. The minimum Gasteiger partial charge on any atom is -0.481 e. The molecule has 1 spiro atoms. The lowest BCUT2D eigenvalue weighted by Crippen LogP contribution is -2.49. The van der Waals surface area contributed by atoms with Crippen LogP contribution in [-0.2, 0) is 19.1 Å². The maximum atomic E-state index is 12.2. The lowest BCUT2D eigenvalue weighted by Gasteiger charge is -2.44. The van der Waals surface area contributed by atoms with Crippen molar-refractivity contribution in [2.45, 2.75) is 45.3 Å². The van der Waals surface area contributed by atoms with E-state index in [-0.39, 0.29) is 18.1 Å². The predicted molar refractivity (Wildman–Crippen MR) is 63.0 cm³/mol. The van der Waals surface area contributed by atoms with Crippen LogP contribution in [0.1, 0.15) is 39.5 Å². The second-order valence-electron chi connectivity index (χ2n) is 5.62. The quantitative estimate of drug-likeness (QED) is 0.830. The van der Waals surface area contributed by atoms with Crippen LogP contribution in [0.15, 0.2) is 0 Å². The zero-order valence-corrected chi connectivity index (χ0v) is 10.9. The lowest BCUT2D eigenvalue weighted by molar-refractivity contribution is -0.206. The molecule has 2 rings (SSSR count). The molecule has 1 heterocycles. The van der Waals surface area contributed by atoms with Gasteiger partial charge < -0.3 is 14.6 Å². The van der Waals surface area contributed by atoms with Crippen LogP contribution in [0, 0.1) is 11.3 Å². The van der Waals surface area contributed by atoms with E-state index in [9.17, 15) is 9.59 Å². The first-order chi connectivity index (χ1) is 8.38. The molecule has 102 valence electrons. The molecule has 5 nitrogen and oxygen atoms in total. The summed E-state index contributed by atoms with van der Waals surface area (Å²) in [6, 6.07) is 0. The first-order valence-electron chi connectivity index (χ1n) is 6.41. The number of carbonyl (C=O) groups excluding carboxylic acids is 1. The van der Waals surface area contributed by atoms with Gasteiger partial charge in [0.2, 0.25) is 0 Å². The number of rotatable bonds is 3. The van der Waals surface area contributed by atoms with Gasteiger partial charge in [0.25, 0.3) is 0 Å². The Morgan fingerprint density at radius 3 is 2.61 bits per heavy atom. The summed E-state index contributed by atoms with van der Waals surface area (Å²) in [6.07, 6.45) is 1.45. The fourth-order valence-electron chi connectivity index (χ4n) is 3.02. The molecular formula is C13H20O5. The third kappa shape index (κ3) is 2.29. The van der Waals surface area contributed by atoms with Crippen molar-refractivity contribution in [1.82, 2.24) is 0 Å². The monoisotopic (exact) mass is 256 g/mol. The first-order valence-corrected chi connectivity index (χ1v) is 6.41. The second-order valence-corrected chi connectivity index (χ2v) is 5.62. The van der Waals surface area contributed by atoms with Crippen molar-refractivity contribution >= 4 is 11.8 Å². The van der Waals surface area contributed by atoms with Crippen molar-refractivity contribution in [2.24, 2.45) is 11.3 Å². The van der Waals surface area contributed by atoms with E-state index in [1.807, 2.05) is 13.8 Å². The van der Waals surface area contributed by atoms with Crippen molar-refractivity contribution in [3.05, 3.63) is 0 Å². The van der Waals surface area contributed by atoms with E-state index in [4.69, 9.17) is 14.6 Å². The average molecular weight is 256 g/mol. The van der Waals surface area contributed by atoms with Crippen LogP contribution in [-0.4, -0.2) is 35.9 Å². The molecule has 1 N–H and O–H groups in total. The fourth-order valence-corrected chi connectivity index (χ4v) is 3.02. The number of ether oxygens (including phenoxy) is 2. The van der Waals surface area contributed by atoms with E-state index in [1.54, 1.807) is 0 Å². The first kappa shape index (κ1) is 13.5. The van der Waals surface area contributed by atoms with Gasteiger partial charge in [-0.25, -0.2) is 0 Å². The Kier molecular flexibility index (Phi) is 3.47. The number of Topliss-reactive ketones (excluding diaryl/α,β-unsaturated/α-hetero) is 1. The van der Waals surface area contributed by atoms with Gasteiger partial charge in [-0.2, -0.15) is 0 Å². The lowest BCUT2D eigenvalue weighted by atomic mass is 9.64. The molecule has 1 aliphatic carbocycles. The Morgan fingerprint density at radius 1 is 1.44 bits per heavy atom. The molecule has 0 radical (unpaired) electrons. The summed E-state index contributed by atoms with van der Waals surface area (Å²) in [5.74, 6) is -1.62. The van der Waals surface area contributed by atoms with Gasteiger partial charge in [0.15, 0.2) is 5.79 Å². The topological polar surface area (TPSA) is 72.8 Å². The smallest absolute Gasteiger partial charge is 0.303 e. The van der Waals surface area contributed by atoms with Gasteiger partial charge >= 0.3 is 5.97 Å². The van der Waals surface area contributed by atoms with E-state index < -0.39 is 17.2 Å². The van der Waals surface area contributed by atoms with Gasteiger partial charge in [-0.3, -0.25) is 9.59 Å². The predicted octanol–water partition coefficient (Wildman–Crippen LogP) is 1.60. The molecule has 18 heavy (non-hydrogen) atoms. The van der Waals surface area contributed by atoms with E-state index in [0.29, 0.717) is 32.5 Å². The van der Waals surface area contributed by atoms with E-state index in [0.717, 1.165) is 0 Å². The van der Waals surface area contributed by atoms with Crippen LogP contribution >= 0.6 is 0 Å². The van der Waals surface area contributed by atoms with Crippen molar-refractivity contribution in [1.29, 1.82) is 0 Å². The maximum Gasteiger partial charge on any atom is 0.303 e. The summed E-state index contributed by atoms with van der Waals surface area (Å²) in [6.45, 7) is 4.77. The molecule has 1 saturated heterocycles. The van der Waals surface area contributed by atoms with Gasteiger partial charge in [0.05, 0.1) is 13.2 Å². The number of carboxylic acid groups (broad SMARTS) is 1. The van der Waals surface area contributed by atoms with Crippen molar-refractivity contribution in [3.8, 4) is 0 Å². The standard InChI is InChI=1S/C13H20O5/c1-9(7-11(15)16)12(2)8-13(4-3-10(12)14)17-5-6-18-13/h9H,3-8H2,1-2H3,(H,15,16)/t9-,12+/m1/s1. The zero-order chi connectivity index (χ0) is 13.4. The molecule has 0 bridgehead atoms. The van der Waals surface area contributed by atoms with Crippen LogP contribution < -0.4 is 0 Å². The minimum absolute atomic E-state index is 0.00167. The third-order valence-electron chi connectivity index (χ3n) is 4.39. The molecule has 0 aromatic heterocycles. The SMILES string of the molecule is C[C@H](CC(=O)O)[C@]1(C)CC2(CCC1=O)OCCO2. The summed E-state index contributed by atoms with van der Waals surface area (Å²) in [7, 11) is 0. The normalized spacial score (nSPS) is 32.7. The number of carboxylic acids is 1. The molecule has 2 atom stereocenters. The fraction of sp³-hybridized carbons (Fsp3) is 0.846. The molecule has 0 aromatic carbocycles. The minimum atomic E-state index is -0.871. The molecular weight excluding hydrogens is 236 g/mol. The van der Waals surface area contributed by atoms with Crippen LogP contribution in [0.2, 0.25) is 0 Å². The highest BCUT2D eigenvalue weighted by atomic mass is 16.7. The van der Waals surface area contributed by atoms with Crippen molar-refractivity contribution in [3.63, 3.8) is 0 Å². The van der Waals surface area contributed by atoms with Crippen LogP contribution in [0.5, 0.6) is 0 Å². The Bertz CT molecular complexity index is 358. The molecule has 1 aliphatic heterocycles. The van der Waals surface area contributed by atoms with Gasteiger partial charge in [-0.15, -0.1) is 0 Å². The Labute approximate surface area is 106 Å². The Morgan fingerprint density at radius 2 is 2.06 bits per heavy atom. The second kappa shape index (κ2) is 4.63. The van der Waals surface area contributed by atoms with Gasteiger partial charge in [-0.1, -0.05) is 13.8 Å². The maximum absolute atomic E-state index is 12.2. The van der Waals surface area contributed by atoms with Crippen molar-refractivity contribution in [2.75, 3.05) is 13.2 Å². The van der Waals surface area contributed by atoms with Gasteiger partial charge in [0.1, 0.15) is 5.78 Å². The van der Waals surface area contributed by atoms with E-state index in [2.05, 4.69) is 0 Å².